The first kappa shape index (κ1) is 16.0. The predicted octanol–water partition coefficient (Wildman–Crippen LogP) is 2.60. The second kappa shape index (κ2) is 7.59. The van der Waals surface area contributed by atoms with Crippen LogP contribution in [0.3, 0.4) is 0 Å². The molecule has 2 rings (SSSR count). The molecule has 1 amide bonds. The summed E-state index contributed by atoms with van der Waals surface area (Å²) in [5.74, 6) is -0.137. The fourth-order valence-corrected chi connectivity index (χ4v) is 3.42. The highest BCUT2D eigenvalue weighted by Gasteiger charge is 2.11. The number of thiazole rings is 1. The zero-order valence-corrected chi connectivity index (χ0v) is 13.8. The molecule has 0 atom stereocenters. The van der Waals surface area contributed by atoms with Gasteiger partial charge >= 0.3 is 0 Å². The van der Waals surface area contributed by atoms with Crippen molar-refractivity contribution in [2.75, 3.05) is 12.8 Å². The summed E-state index contributed by atoms with van der Waals surface area (Å²) in [5, 5.41) is 5.61. The monoisotopic (exact) mass is 321 g/mol. The summed E-state index contributed by atoms with van der Waals surface area (Å²) >= 11 is 3.17. The van der Waals surface area contributed by atoms with Gasteiger partial charge in [0.2, 0.25) is 0 Å². The van der Waals surface area contributed by atoms with Gasteiger partial charge < -0.3 is 11.1 Å². The molecular formula is C15H19N3OS2. The van der Waals surface area contributed by atoms with Crippen molar-refractivity contribution >= 4 is 29.0 Å². The van der Waals surface area contributed by atoms with Gasteiger partial charge in [0, 0.05) is 23.2 Å². The van der Waals surface area contributed by atoms with Crippen molar-refractivity contribution in [3.63, 3.8) is 0 Å². The highest BCUT2D eigenvalue weighted by Crippen LogP contribution is 2.21. The number of amides is 1. The number of rotatable bonds is 6. The van der Waals surface area contributed by atoms with E-state index in [1.807, 2.05) is 6.26 Å². The number of nitrogens with zero attached hydrogens (tertiary/aromatic N) is 1. The van der Waals surface area contributed by atoms with Crippen molar-refractivity contribution in [3.8, 4) is 0 Å². The number of hydrogen-bond acceptors (Lipinski definition) is 5. The van der Waals surface area contributed by atoms with E-state index in [9.17, 15) is 4.79 Å². The Hall–Kier alpha value is -1.37. The molecule has 1 aromatic heterocycles. The van der Waals surface area contributed by atoms with Crippen molar-refractivity contribution in [2.45, 2.75) is 24.8 Å². The molecular weight excluding hydrogens is 302 g/mol. The second-order valence-electron chi connectivity index (χ2n) is 4.66. The minimum Gasteiger partial charge on any atom is -0.347 e. The Morgan fingerprint density at radius 1 is 1.48 bits per heavy atom. The molecule has 0 radical (unpaired) electrons. The molecule has 1 aromatic carbocycles. The van der Waals surface area contributed by atoms with Crippen LogP contribution in [0, 0.1) is 6.92 Å². The minimum atomic E-state index is -0.137. The molecule has 0 saturated heterocycles. The van der Waals surface area contributed by atoms with E-state index in [4.69, 9.17) is 5.73 Å². The zero-order chi connectivity index (χ0) is 15.2. The van der Waals surface area contributed by atoms with Gasteiger partial charge in [-0.1, -0.05) is 12.1 Å². The van der Waals surface area contributed by atoms with Crippen LogP contribution in [0.4, 0.5) is 0 Å². The predicted molar refractivity (Wildman–Crippen MR) is 89.0 cm³/mol. The summed E-state index contributed by atoms with van der Waals surface area (Å²) in [6, 6.07) is 6.25. The van der Waals surface area contributed by atoms with Gasteiger partial charge in [-0.2, -0.15) is 0 Å². The third kappa shape index (κ3) is 4.30. The minimum absolute atomic E-state index is 0.137. The molecule has 2 aromatic rings. The summed E-state index contributed by atoms with van der Waals surface area (Å²) < 4.78 is 0. The van der Waals surface area contributed by atoms with E-state index in [-0.39, 0.29) is 5.91 Å². The molecule has 1 heterocycles. The lowest BCUT2D eigenvalue weighted by atomic mass is 10.1. The fraction of sp³-hybridized carbons (Fsp3) is 0.333. The van der Waals surface area contributed by atoms with Crippen LogP contribution in [0.2, 0.25) is 0 Å². The van der Waals surface area contributed by atoms with Gasteiger partial charge in [-0.05, 0) is 36.9 Å². The summed E-state index contributed by atoms with van der Waals surface area (Å²) in [7, 11) is 0. The fourth-order valence-electron chi connectivity index (χ4n) is 1.92. The molecule has 3 N–H and O–H groups in total. The summed E-state index contributed by atoms with van der Waals surface area (Å²) in [4.78, 5) is 17.6. The van der Waals surface area contributed by atoms with E-state index in [2.05, 4.69) is 35.4 Å². The average molecular weight is 321 g/mol. The van der Waals surface area contributed by atoms with Crippen molar-refractivity contribution in [2.24, 2.45) is 5.73 Å². The van der Waals surface area contributed by atoms with Crippen LogP contribution in [0.25, 0.3) is 0 Å². The number of aromatic nitrogens is 1. The first-order valence-corrected chi connectivity index (χ1v) is 8.80. The van der Waals surface area contributed by atoms with E-state index in [1.54, 1.807) is 17.1 Å². The topological polar surface area (TPSA) is 68.0 Å². The first-order chi connectivity index (χ1) is 10.1. The van der Waals surface area contributed by atoms with Crippen LogP contribution < -0.4 is 11.1 Å². The van der Waals surface area contributed by atoms with E-state index in [1.165, 1.54) is 21.8 Å². The number of hydrogen-bond donors (Lipinski definition) is 2. The maximum absolute atomic E-state index is 12.1. The molecule has 0 aliphatic rings. The number of aryl methyl sites for hydroxylation is 1. The SMILES string of the molecule is CSc1cc(C)ccc1CNC(=O)c1csc(CCN)n1. The van der Waals surface area contributed by atoms with Gasteiger partial charge in [0.25, 0.3) is 5.91 Å². The molecule has 0 bridgehead atoms. The van der Waals surface area contributed by atoms with Crippen LogP contribution in [-0.2, 0) is 13.0 Å². The average Bonchev–Trinajstić information content (AvgIpc) is 2.94. The molecule has 0 aliphatic carbocycles. The number of benzene rings is 1. The molecule has 0 unspecified atom stereocenters. The van der Waals surface area contributed by atoms with Crippen LogP contribution in [0.15, 0.2) is 28.5 Å². The molecule has 21 heavy (non-hydrogen) atoms. The van der Waals surface area contributed by atoms with Crippen molar-refractivity contribution in [1.82, 2.24) is 10.3 Å². The molecule has 4 nitrogen and oxygen atoms in total. The number of thioether (sulfide) groups is 1. The van der Waals surface area contributed by atoms with Gasteiger partial charge in [0.05, 0.1) is 5.01 Å². The molecule has 0 saturated carbocycles. The standard InChI is InChI=1S/C15H19N3OS2/c1-10-3-4-11(13(7-10)20-2)8-17-15(19)12-9-21-14(18-12)5-6-16/h3-4,7,9H,5-6,8,16H2,1-2H3,(H,17,19). The van der Waals surface area contributed by atoms with Crippen molar-refractivity contribution in [1.29, 1.82) is 0 Å². The maximum atomic E-state index is 12.1. The van der Waals surface area contributed by atoms with Gasteiger partial charge in [-0.3, -0.25) is 4.79 Å². The summed E-state index contributed by atoms with van der Waals surface area (Å²) in [6.45, 7) is 3.13. The van der Waals surface area contributed by atoms with Crippen molar-refractivity contribution in [3.05, 3.63) is 45.4 Å². The number of nitrogens with two attached hydrogens (primary N) is 1. The second-order valence-corrected chi connectivity index (χ2v) is 6.45. The third-order valence-corrected chi connectivity index (χ3v) is 4.75. The largest absolute Gasteiger partial charge is 0.347 e. The molecule has 0 spiro atoms. The smallest absolute Gasteiger partial charge is 0.271 e. The number of carbonyl (C=O) groups excluding carboxylic acids is 1. The quantitative estimate of drug-likeness (QED) is 0.803. The Bertz CT molecular complexity index is 625. The Morgan fingerprint density at radius 2 is 2.29 bits per heavy atom. The zero-order valence-electron chi connectivity index (χ0n) is 12.2. The lowest BCUT2D eigenvalue weighted by Gasteiger charge is -2.09. The van der Waals surface area contributed by atoms with E-state index in [0.717, 1.165) is 10.6 Å². The van der Waals surface area contributed by atoms with Crippen LogP contribution in [-0.4, -0.2) is 23.7 Å². The summed E-state index contributed by atoms with van der Waals surface area (Å²) in [5.41, 5.74) is 8.31. The molecule has 0 fully saturated rings. The maximum Gasteiger partial charge on any atom is 0.271 e. The van der Waals surface area contributed by atoms with Gasteiger partial charge in [-0.25, -0.2) is 4.98 Å². The van der Waals surface area contributed by atoms with Crippen molar-refractivity contribution < 1.29 is 4.79 Å². The Morgan fingerprint density at radius 3 is 3.00 bits per heavy atom. The highest BCUT2D eigenvalue weighted by atomic mass is 32.2. The Labute approximate surface area is 133 Å². The van der Waals surface area contributed by atoms with Crippen LogP contribution in [0.1, 0.15) is 26.6 Å². The van der Waals surface area contributed by atoms with E-state index < -0.39 is 0 Å². The van der Waals surface area contributed by atoms with Gasteiger partial charge in [0.1, 0.15) is 5.69 Å². The Balaban J connectivity index is 2.00. The highest BCUT2D eigenvalue weighted by molar-refractivity contribution is 7.98. The lowest BCUT2D eigenvalue weighted by Crippen LogP contribution is -2.23. The lowest BCUT2D eigenvalue weighted by molar-refractivity contribution is 0.0946. The van der Waals surface area contributed by atoms with Crippen LogP contribution >= 0.6 is 23.1 Å². The van der Waals surface area contributed by atoms with E-state index in [0.29, 0.717) is 25.2 Å². The number of carbonyl (C=O) groups is 1. The molecule has 0 aliphatic heterocycles. The van der Waals surface area contributed by atoms with Gasteiger partial charge in [-0.15, -0.1) is 23.1 Å². The third-order valence-electron chi connectivity index (χ3n) is 3.02. The normalized spacial score (nSPS) is 10.6. The molecule has 112 valence electrons. The van der Waals surface area contributed by atoms with E-state index >= 15 is 0 Å². The molecule has 6 heteroatoms. The number of nitrogens with one attached hydrogen (secondary N) is 1. The summed E-state index contributed by atoms with van der Waals surface area (Å²) in [6.07, 6.45) is 2.76. The first-order valence-electron chi connectivity index (χ1n) is 6.70. The van der Waals surface area contributed by atoms with Crippen LogP contribution in [0.5, 0.6) is 0 Å². The van der Waals surface area contributed by atoms with Gasteiger partial charge in [0.15, 0.2) is 0 Å². The Kier molecular flexibility index (Phi) is 5.78.